The van der Waals surface area contributed by atoms with Crippen LogP contribution in [0.15, 0.2) is 16.7 Å². The van der Waals surface area contributed by atoms with E-state index in [0.29, 0.717) is 54.1 Å². The molecule has 0 amide bonds. The Labute approximate surface area is 123 Å². The third-order valence-electron chi connectivity index (χ3n) is 2.93. The summed E-state index contributed by atoms with van der Waals surface area (Å²) >= 11 is 0. The summed E-state index contributed by atoms with van der Waals surface area (Å²) in [6, 6.07) is 3.38. The zero-order chi connectivity index (χ0) is 15.2. The van der Waals surface area contributed by atoms with Crippen LogP contribution in [0.4, 0.5) is 5.69 Å². The van der Waals surface area contributed by atoms with Crippen LogP contribution in [0.2, 0.25) is 0 Å². The van der Waals surface area contributed by atoms with E-state index in [-0.39, 0.29) is 0 Å². The van der Waals surface area contributed by atoms with Crippen LogP contribution < -0.4 is 15.2 Å². The summed E-state index contributed by atoms with van der Waals surface area (Å²) in [6.45, 7) is 3.15. The highest BCUT2D eigenvalue weighted by Gasteiger charge is 2.16. The zero-order valence-electron chi connectivity index (χ0n) is 12.4. The first-order valence-corrected chi connectivity index (χ1v) is 6.61. The Balaban J connectivity index is 2.25. The van der Waals surface area contributed by atoms with E-state index in [1.54, 1.807) is 26.4 Å². The van der Waals surface area contributed by atoms with Crippen LogP contribution >= 0.6 is 0 Å². The first-order chi connectivity index (χ1) is 10.2. The van der Waals surface area contributed by atoms with Gasteiger partial charge in [-0.3, -0.25) is 0 Å². The van der Waals surface area contributed by atoms with Crippen molar-refractivity contribution in [1.82, 2.24) is 10.1 Å². The predicted octanol–water partition coefficient (Wildman–Crippen LogP) is 1.91. The highest BCUT2D eigenvalue weighted by atomic mass is 16.5. The van der Waals surface area contributed by atoms with E-state index in [4.69, 9.17) is 24.5 Å². The van der Waals surface area contributed by atoms with Gasteiger partial charge in [0, 0.05) is 24.8 Å². The first kappa shape index (κ1) is 15.1. The molecule has 1 aromatic heterocycles. The normalized spacial score (nSPS) is 10.6. The molecule has 2 rings (SSSR count). The summed E-state index contributed by atoms with van der Waals surface area (Å²) in [7, 11) is 3.11. The highest BCUT2D eigenvalue weighted by Crippen LogP contribution is 2.36. The van der Waals surface area contributed by atoms with Crippen molar-refractivity contribution >= 4 is 5.69 Å². The molecule has 0 aliphatic rings. The van der Waals surface area contributed by atoms with Gasteiger partial charge in [-0.25, -0.2) is 0 Å². The predicted molar refractivity (Wildman–Crippen MR) is 77.4 cm³/mol. The van der Waals surface area contributed by atoms with Crippen molar-refractivity contribution < 1.29 is 18.7 Å². The summed E-state index contributed by atoms with van der Waals surface area (Å²) < 4.78 is 20.9. The van der Waals surface area contributed by atoms with E-state index in [1.165, 1.54) is 0 Å². The Morgan fingerprint density at radius 1 is 1.19 bits per heavy atom. The summed E-state index contributed by atoms with van der Waals surface area (Å²) in [5.74, 6) is 2.03. The van der Waals surface area contributed by atoms with Crippen molar-refractivity contribution in [2.24, 2.45) is 0 Å². The number of nitrogens with two attached hydrogens (primary N) is 1. The minimum atomic E-state index is 0.347. The minimum Gasteiger partial charge on any atom is -0.493 e. The van der Waals surface area contributed by atoms with Crippen LogP contribution in [0.25, 0.3) is 11.5 Å². The molecular formula is C14H19N3O4. The number of hydrogen-bond acceptors (Lipinski definition) is 7. The Kier molecular flexibility index (Phi) is 4.99. The van der Waals surface area contributed by atoms with E-state index in [9.17, 15) is 0 Å². The number of aromatic nitrogens is 2. The second-order valence-electron chi connectivity index (χ2n) is 4.26. The molecule has 7 heteroatoms. The molecule has 2 N–H and O–H groups in total. The van der Waals surface area contributed by atoms with Crippen molar-refractivity contribution in [1.29, 1.82) is 0 Å². The van der Waals surface area contributed by atoms with Gasteiger partial charge in [-0.1, -0.05) is 5.16 Å². The van der Waals surface area contributed by atoms with E-state index < -0.39 is 0 Å². The molecule has 0 saturated carbocycles. The maximum atomic E-state index is 6.00. The maximum absolute atomic E-state index is 6.00. The average Bonchev–Trinajstić information content (AvgIpc) is 2.95. The third-order valence-corrected chi connectivity index (χ3v) is 2.93. The van der Waals surface area contributed by atoms with Crippen LogP contribution in [-0.4, -0.2) is 37.6 Å². The monoisotopic (exact) mass is 293 g/mol. The van der Waals surface area contributed by atoms with Gasteiger partial charge in [0.15, 0.2) is 17.3 Å². The maximum Gasteiger partial charge on any atom is 0.260 e. The van der Waals surface area contributed by atoms with Gasteiger partial charge in [0.05, 0.1) is 26.4 Å². The number of nitrogens with zero attached hydrogens (tertiary/aromatic N) is 2. The van der Waals surface area contributed by atoms with Crippen LogP contribution in [0.3, 0.4) is 0 Å². The minimum absolute atomic E-state index is 0.347. The summed E-state index contributed by atoms with van der Waals surface area (Å²) in [5, 5.41) is 3.91. The lowest BCUT2D eigenvalue weighted by Gasteiger charge is -2.10. The Hall–Kier alpha value is -2.28. The van der Waals surface area contributed by atoms with Crippen molar-refractivity contribution in [3.8, 4) is 23.0 Å². The molecule has 2 aromatic rings. The van der Waals surface area contributed by atoms with E-state index >= 15 is 0 Å². The molecule has 0 spiro atoms. The van der Waals surface area contributed by atoms with Crippen LogP contribution in [-0.2, 0) is 11.2 Å². The van der Waals surface area contributed by atoms with E-state index in [1.807, 2.05) is 6.92 Å². The lowest BCUT2D eigenvalue weighted by molar-refractivity contribution is 0.149. The van der Waals surface area contributed by atoms with Gasteiger partial charge >= 0.3 is 0 Å². The van der Waals surface area contributed by atoms with Crippen LogP contribution in [0.1, 0.15) is 12.7 Å². The largest absolute Gasteiger partial charge is 0.493 e. The van der Waals surface area contributed by atoms with Crippen LogP contribution in [0.5, 0.6) is 11.5 Å². The Morgan fingerprint density at radius 3 is 2.57 bits per heavy atom. The lowest BCUT2D eigenvalue weighted by Crippen LogP contribution is -1.99. The van der Waals surface area contributed by atoms with Gasteiger partial charge in [-0.2, -0.15) is 4.98 Å². The van der Waals surface area contributed by atoms with Gasteiger partial charge in [0.1, 0.15) is 0 Å². The number of ether oxygens (including phenoxy) is 3. The zero-order valence-corrected chi connectivity index (χ0v) is 12.4. The molecule has 0 unspecified atom stereocenters. The fraction of sp³-hybridized carbons (Fsp3) is 0.429. The molecule has 7 nitrogen and oxygen atoms in total. The standard InChI is InChI=1S/C14H19N3O4/c1-4-20-6-5-13-16-14(21-17-13)9-7-11(18-2)12(19-3)8-10(9)15/h7-8H,4-6,15H2,1-3H3. The van der Waals surface area contributed by atoms with Crippen molar-refractivity contribution in [3.63, 3.8) is 0 Å². The Morgan fingerprint density at radius 2 is 1.90 bits per heavy atom. The van der Waals surface area contributed by atoms with E-state index in [0.717, 1.165) is 0 Å². The molecule has 0 atom stereocenters. The molecule has 0 aliphatic carbocycles. The smallest absolute Gasteiger partial charge is 0.260 e. The van der Waals surface area contributed by atoms with Crippen molar-refractivity contribution in [2.75, 3.05) is 33.2 Å². The molecule has 1 heterocycles. The summed E-state index contributed by atoms with van der Waals surface area (Å²) in [4.78, 5) is 4.31. The number of hydrogen-bond donors (Lipinski definition) is 1. The number of rotatable bonds is 7. The molecule has 0 fully saturated rings. The lowest BCUT2D eigenvalue weighted by atomic mass is 10.1. The first-order valence-electron chi connectivity index (χ1n) is 6.61. The van der Waals surface area contributed by atoms with Gasteiger partial charge in [0.2, 0.25) is 0 Å². The van der Waals surface area contributed by atoms with E-state index in [2.05, 4.69) is 10.1 Å². The quantitative estimate of drug-likeness (QED) is 0.615. The molecule has 114 valence electrons. The molecule has 0 bridgehead atoms. The second-order valence-corrected chi connectivity index (χ2v) is 4.26. The molecule has 0 aliphatic heterocycles. The summed E-state index contributed by atoms with van der Waals surface area (Å²) in [6.07, 6.45) is 0.588. The fourth-order valence-electron chi connectivity index (χ4n) is 1.85. The van der Waals surface area contributed by atoms with Gasteiger partial charge in [-0.05, 0) is 13.0 Å². The van der Waals surface area contributed by atoms with Gasteiger partial charge in [-0.15, -0.1) is 0 Å². The van der Waals surface area contributed by atoms with Crippen molar-refractivity contribution in [3.05, 3.63) is 18.0 Å². The third kappa shape index (κ3) is 3.43. The van der Waals surface area contributed by atoms with Crippen LogP contribution in [0, 0.1) is 0 Å². The molecular weight excluding hydrogens is 274 g/mol. The average molecular weight is 293 g/mol. The number of nitrogen functional groups attached to an aromatic ring is 1. The number of methoxy groups -OCH3 is 2. The van der Waals surface area contributed by atoms with Gasteiger partial charge in [0.25, 0.3) is 5.89 Å². The number of anilines is 1. The molecule has 0 saturated heterocycles. The summed E-state index contributed by atoms with van der Waals surface area (Å²) in [5.41, 5.74) is 7.09. The van der Waals surface area contributed by atoms with Crippen molar-refractivity contribution in [2.45, 2.75) is 13.3 Å². The molecule has 1 aromatic carbocycles. The molecule has 21 heavy (non-hydrogen) atoms. The SMILES string of the molecule is CCOCCc1noc(-c2cc(OC)c(OC)cc2N)n1. The Bertz CT molecular complexity index is 598. The highest BCUT2D eigenvalue weighted by molar-refractivity contribution is 5.75. The number of benzene rings is 1. The second kappa shape index (κ2) is 6.94. The molecule has 0 radical (unpaired) electrons. The topological polar surface area (TPSA) is 92.6 Å². The van der Waals surface area contributed by atoms with Gasteiger partial charge < -0.3 is 24.5 Å². The fourth-order valence-corrected chi connectivity index (χ4v) is 1.85.